The molecule has 3 heteroatoms. The van der Waals surface area contributed by atoms with Crippen LogP contribution < -0.4 is 0 Å². The van der Waals surface area contributed by atoms with E-state index in [1.54, 1.807) is 0 Å². The zero-order chi connectivity index (χ0) is 14.3. The molecule has 0 bridgehead atoms. The van der Waals surface area contributed by atoms with Gasteiger partial charge in [-0.25, -0.2) is 0 Å². The van der Waals surface area contributed by atoms with Crippen LogP contribution in [0.4, 0.5) is 0 Å². The van der Waals surface area contributed by atoms with Crippen LogP contribution in [0, 0.1) is 19.8 Å². The quantitative estimate of drug-likeness (QED) is 0.843. The summed E-state index contributed by atoms with van der Waals surface area (Å²) in [6.45, 7) is 8.19. The number of hydrogen-bond donors (Lipinski definition) is 1. The number of aromatic amines is 1. The standard InChI is InChI=1S/C17H22N2O/c1-11-5-4-8-19(10-11)17(20)14-6-7-16-15(9-14)12(2)13(3)18-16/h6-7,9,11,18H,4-5,8,10H2,1-3H3/t11-/m0/s1. The molecule has 0 spiro atoms. The summed E-state index contributed by atoms with van der Waals surface area (Å²) in [6, 6.07) is 6.00. The maximum atomic E-state index is 12.6. The summed E-state index contributed by atoms with van der Waals surface area (Å²) in [7, 11) is 0. The van der Waals surface area contributed by atoms with Crippen molar-refractivity contribution in [2.24, 2.45) is 5.92 Å². The zero-order valence-corrected chi connectivity index (χ0v) is 12.5. The van der Waals surface area contributed by atoms with E-state index in [0.717, 1.165) is 30.6 Å². The average molecular weight is 270 g/mol. The number of rotatable bonds is 1. The molecule has 106 valence electrons. The Morgan fingerprint density at radius 1 is 1.35 bits per heavy atom. The first-order valence-corrected chi connectivity index (χ1v) is 7.44. The van der Waals surface area contributed by atoms with Gasteiger partial charge in [0, 0.05) is 35.2 Å². The van der Waals surface area contributed by atoms with E-state index >= 15 is 0 Å². The predicted octanol–water partition coefficient (Wildman–Crippen LogP) is 3.66. The summed E-state index contributed by atoms with van der Waals surface area (Å²) in [5.41, 5.74) is 4.34. The van der Waals surface area contributed by atoms with Crippen molar-refractivity contribution in [2.75, 3.05) is 13.1 Å². The van der Waals surface area contributed by atoms with Gasteiger partial charge in [0.05, 0.1) is 0 Å². The smallest absolute Gasteiger partial charge is 0.253 e. The van der Waals surface area contributed by atoms with Crippen molar-refractivity contribution in [1.29, 1.82) is 0 Å². The van der Waals surface area contributed by atoms with Gasteiger partial charge in [-0.3, -0.25) is 4.79 Å². The van der Waals surface area contributed by atoms with Crippen molar-refractivity contribution < 1.29 is 4.79 Å². The Morgan fingerprint density at radius 2 is 2.15 bits per heavy atom. The molecule has 1 saturated heterocycles. The second-order valence-electron chi connectivity index (χ2n) is 6.13. The van der Waals surface area contributed by atoms with Crippen molar-refractivity contribution in [3.63, 3.8) is 0 Å². The molecule has 1 N–H and O–H groups in total. The number of carbonyl (C=O) groups excluding carboxylic acids is 1. The van der Waals surface area contributed by atoms with Gasteiger partial charge in [0.15, 0.2) is 0 Å². The molecule has 2 heterocycles. The Bertz CT molecular complexity index is 656. The van der Waals surface area contributed by atoms with Crippen LogP contribution in [-0.4, -0.2) is 28.9 Å². The summed E-state index contributed by atoms with van der Waals surface area (Å²) in [5.74, 6) is 0.796. The summed E-state index contributed by atoms with van der Waals surface area (Å²) in [5, 5.41) is 1.17. The first-order valence-electron chi connectivity index (χ1n) is 7.44. The summed E-state index contributed by atoms with van der Waals surface area (Å²) in [6.07, 6.45) is 2.36. The monoisotopic (exact) mass is 270 g/mol. The highest BCUT2D eigenvalue weighted by Crippen LogP contribution is 2.24. The molecular weight excluding hydrogens is 248 g/mol. The molecule has 0 radical (unpaired) electrons. The largest absolute Gasteiger partial charge is 0.358 e. The molecule has 0 unspecified atom stereocenters. The molecule has 20 heavy (non-hydrogen) atoms. The van der Waals surface area contributed by atoms with Crippen LogP contribution in [0.5, 0.6) is 0 Å². The van der Waals surface area contributed by atoms with Gasteiger partial charge in [-0.15, -0.1) is 0 Å². The van der Waals surface area contributed by atoms with E-state index in [1.807, 2.05) is 23.1 Å². The van der Waals surface area contributed by atoms with Gasteiger partial charge in [-0.2, -0.15) is 0 Å². The van der Waals surface area contributed by atoms with E-state index in [-0.39, 0.29) is 5.91 Å². The normalized spacial score (nSPS) is 19.6. The van der Waals surface area contributed by atoms with Crippen molar-refractivity contribution in [3.8, 4) is 0 Å². The number of nitrogens with one attached hydrogen (secondary N) is 1. The SMILES string of the molecule is Cc1[nH]c2ccc(C(=O)N3CCC[C@H](C)C3)cc2c1C. The molecule has 1 aromatic carbocycles. The lowest BCUT2D eigenvalue weighted by molar-refractivity contribution is 0.0683. The van der Waals surface area contributed by atoms with Gasteiger partial charge < -0.3 is 9.88 Å². The van der Waals surface area contributed by atoms with Crippen LogP contribution in [0.2, 0.25) is 0 Å². The minimum absolute atomic E-state index is 0.178. The van der Waals surface area contributed by atoms with E-state index < -0.39 is 0 Å². The summed E-state index contributed by atoms with van der Waals surface area (Å²) < 4.78 is 0. The number of H-pyrrole nitrogens is 1. The van der Waals surface area contributed by atoms with Gasteiger partial charge in [0.1, 0.15) is 0 Å². The van der Waals surface area contributed by atoms with Crippen LogP contribution in [0.1, 0.15) is 41.4 Å². The van der Waals surface area contributed by atoms with E-state index in [1.165, 1.54) is 23.1 Å². The van der Waals surface area contributed by atoms with E-state index in [2.05, 4.69) is 25.8 Å². The zero-order valence-electron chi connectivity index (χ0n) is 12.5. The highest BCUT2D eigenvalue weighted by atomic mass is 16.2. The number of fused-ring (bicyclic) bond motifs is 1. The van der Waals surface area contributed by atoms with E-state index in [0.29, 0.717) is 5.92 Å². The maximum Gasteiger partial charge on any atom is 0.253 e. The highest BCUT2D eigenvalue weighted by molar-refractivity contribution is 5.99. The number of hydrogen-bond acceptors (Lipinski definition) is 1. The Hall–Kier alpha value is -1.77. The van der Waals surface area contributed by atoms with Crippen LogP contribution in [-0.2, 0) is 0 Å². The molecule has 1 atom stereocenters. The second-order valence-corrected chi connectivity index (χ2v) is 6.13. The van der Waals surface area contributed by atoms with E-state index in [4.69, 9.17) is 0 Å². The topological polar surface area (TPSA) is 36.1 Å². The fourth-order valence-electron chi connectivity index (χ4n) is 3.15. The maximum absolute atomic E-state index is 12.6. The molecule has 1 aliphatic heterocycles. The van der Waals surface area contributed by atoms with Crippen LogP contribution in [0.25, 0.3) is 10.9 Å². The predicted molar refractivity (Wildman–Crippen MR) is 82.1 cm³/mol. The lowest BCUT2D eigenvalue weighted by Gasteiger charge is -2.31. The molecule has 1 fully saturated rings. The molecule has 2 aromatic rings. The fourth-order valence-corrected chi connectivity index (χ4v) is 3.15. The molecule has 1 aliphatic rings. The Morgan fingerprint density at radius 3 is 2.90 bits per heavy atom. The van der Waals surface area contributed by atoms with E-state index in [9.17, 15) is 4.79 Å². The molecule has 0 aliphatic carbocycles. The molecular formula is C17H22N2O. The van der Waals surface area contributed by atoms with Crippen LogP contribution in [0.3, 0.4) is 0 Å². The number of benzene rings is 1. The highest BCUT2D eigenvalue weighted by Gasteiger charge is 2.22. The van der Waals surface area contributed by atoms with Gasteiger partial charge in [0.25, 0.3) is 5.91 Å². The Balaban J connectivity index is 1.93. The number of likely N-dealkylation sites (tertiary alicyclic amines) is 1. The van der Waals surface area contributed by atoms with Gasteiger partial charge in [0.2, 0.25) is 0 Å². The third-order valence-electron chi connectivity index (χ3n) is 4.50. The average Bonchev–Trinajstić information content (AvgIpc) is 2.73. The number of piperidine rings is 1. The van der Waals surface area contributed by atoms with Crippen LogP contribution in [0.15, 0.2) is 18.2 Å². The van der Waals surface area contributed by atoms with Crippen molar-refractivity contribution in [1.82, 2.24) is 9.88 Å². The van der Waals surface area contributed by atoms with Crippen molar-refractivity contribution in [2.45, 2.75) is 33.6 Å². The number of aromatic nitrogens is 1. The third kappa shape index (κ3) is 2.21. The molecule has 3 nitrogen and oxygen atoms in total. The third-order valence-corrected chi connectivity index (χ3v) is 4.50. The molecule has 0 saturated carbocycles. The molecule has 3 rings (SSSR count). The van der Waals surface area contributed by atoms with Crippen LogP contribution >= 0.6 is 0 Å². The number of aryl methyl sites for hydroxylation is 2. The lowest BCUT2D eigenvalue weighted by atomic mass is 9.99. The Labute approximate surface area is 120 Å². The summed E-state index contributed by atoms with van der Waals surface area (Å²) >= 11 is 0. The van der Waals surface area contributed by atoms with Gasteiger partial charge in [-0.1, -0.05) is 6.92 Å². The first kappa shape index (κ1) is 13.2. The summed E-state index contributed by atoms with van der Waals surface area (Å²) in [4.78, 5) is 18.0. The van der Waals surface area contributed by atoms with Gasteiger partial charge in [-0.05, 0) is 56.4 Å². The molecule has 1 amide bonds. The van der Waals surface area contributed by atoms with Crippen molar-refractivity contribution >= 4 is 16.8 Å². The minimum Gasteiger partial charge on any atom is -0.358 e. The lowest BCUT2D eigenvalue weighted by Crippen LogP contribution is -2.39. The minimum atomic E-state index is 0.178. The molecule has 1 aromatic heterocycles. The Kier molecular flexibility index (Phi) is 3.28. The number of nitrogens with zero attached hydrogens (tertiary/aromatic N) is 1. The number of carbonyl (C=O) groups is 1. The fraction of sp³-hybridized carbons (Fsp3) is 0.471. The van der Waals surface area contributed by atoms with Gasteiger partial charge >= 0.3 is 0 Å². The number of amides is 1. The van der Waals surface area contributed by atoms with Crippen molar-refractivity contribution in [3.05, 3.63) is 35.0 Å². The first-order chi connectivity index (χ1) is 9.56. The second kappa shape index (κ2) is 4.97.